The molecule has 1 aromatic heterocycles. The molecule has 3 heterocycles. The fraction of sp³-hybridized carbons (Fsp3) is 0.440. The van der Waals surface area contributed by atoms with E-state index in [1.807, 2.05) is 41.3 Å². The fourth-order valence-corrected chi connectivity index (χ4v) is 5.21. The summed E-state index contributed by atoms with van der Waals surface area (Å²) >= 11 is 0. The quantitative estimate of drug-likeness (QED) is 0.624. The molecule has 2 aromatic rings. The van der Waals surface area contributed by atoms with Gasteiger partial charge in [-0.2, -0.15) is 0 Å². The maximum atomic E-state index is 13.3. The van der Waals surface area contributed by atoms with Crippen LogP contribution in [0.2, 0.25) is 0 Å². The van der Waals surface area contributed by atoms with Crippen molar-refractivity contribution < 1.29 is 24.2 Å². The van der Waals surface area contributed by atoms with E-state index >= 15 is 0 Å². The summed E-state index contributed by atoms with van der Waals surface area (Å²) in [6, 6.07) is 13.1. The van der Waals surface area contributed by atoms with E-state index in [0.717, 1.165) is 31.4 Å². The molecule has 1 aromatic carbocycles. The number of rotatable bonds is 7. The smallest absolute Gasteiger partial charge is 0.290 e. The SMILES string of the molecule is CC[C@@]1(C(=O)NCCc2ccccn2)C[C@@H]2CC[C@H]1N2C(=O)c1cccc(OC)c1.O=CO. The molecule has 0 aliphatic carbocycles. The number of ether oxygens (including phenoxy) is 1. The zero-order chi connectivity index (χ0) is 23.8. The molecule has 2 N–H and O–H groups in total. The summed E-state index contributed by atoms with van der Waals surface area (Å²) in [6.07, 6.45) is 5.77. The molecular formula is C25H31N3O5. The van der Waals surface area contributed by atoms with Gasteiger partial charge in [-0.05, 0) is 56.0 Å². The molecule has 8 heteroatoms. The van der Waals surface area contributed by atoms with Gasteiger partial charge in [0.1, 0.15) is 5.75 Å². The number of methoxy groups -OCH3 is 1. The van der Waals surface area contributed by atoms with Gasteiger partial charge in [-0.25, -0.2) is 0 Å². The lowest BCUT2D eigenvalue weighted by Crippen LogP contribution is -2.50. The number of benzene rings is 1. The first-order chi connectivity index (χ1) is 16.0. The third kappa shape index (κ3) is 4.99. The van der Waals surface area contributed by atoms with Crippen LogP contribution in [0.15, 0.2) is 48.7 Å². The van der Waals surface area contributed by atoms with E-state index in [1.54, 1.807) is 19.4 Å². The lowest BCUT2D eigenvalue weighted by molar-refractivity contribution is -0.133. The number of carboxylic acid groups (broad SMARTS) is 1. The van der Waals surface area contributed by atoms with Crippen LogP contribution in [0.3, 0.4) is 0 Å². The van der Waals surface area contributed by atoms with Gasteiger partial charge in [-0.15, -0.1) is 0 Å². The molecule has 0 spiro atoms. The number of aromatic nitrogens is 1. The summed E-state index contributed by atoms with van der Waals surface area (Å²) in [6.45, 7) is 2.37. The van der Waals surface area contributed by atoms with Crippen molar-refractivity contribution >= 4 is 18.3 Å². The highest BCUT2D eigenvalue weighted by atomic mass is 16.5. The van der Waals surface area contributed by atoms with Crippen LogP contribution < -0.4 is 10.1 Å². The van der Waals surface area contributed by atoms with Gasteiger partial charge in [0.05, 0.1) is 12.5 Å². The first-order valence-corrected chi connectivity index (χ1v) is 11.2. The Labute approximate surface area is 194 Å². The van der Waals surface area contributed by atoms with E-state index in [1.165, 1.54) is 0 Å². The topological polar surface area (TPSA) is 109 Å². The number of pyridine rings is 1. The first kappa shape index (κ1) is 24.2. The zero-order valence-corrected chi connectivity index (χ0v) is 19.1. The van der Waals surface area contributed by atoms with Crippen molar-refractivity contribution in [2.45, 2.75) is 51.1 Å². The lowest BCUT2D eigenvalue weighted by atomic mass is 9.71. The maximum Gasteiger partial charge on any atom is 0.290 e. The lowest BCUT2D eigenvalue weighted by Gasteiger charge is -2.35. The number of hydrogen-bond donors (Lipinski definition) is 2. The van der Waals surface area contributed by atoms with E-state index in [4.69, 9.17) is 14.6 Å². The molecule has 176 valence electrons. The van der Waals surface area contributed by atoms with E-state index < -0.39 is 5.41 Å². The number of carbonyl (C=O) groups excluding carboxylic acids is 2. The molecule has 2 fully saturated rings. The number of carbonyl (C=O) groups is 3. The summed E-state index contributed by atoms with van der Waals surface area (Å²) in [5.41, 5.74) is 1.07. The van der Waals surface area contributed by atoms with Gasteiger partial charge in [-0.3, -0.25) is 19.4 Å². The maximum absolute atomic E-state index is 13.3. The van der Waals surface area contributed by atoms with Crippen LogP contribution in [0.25, 0.3) is 0 Å². The summed E-state index contributed by atoms with van der Waals surface area (Å²) in [5.74, 6) is 0.732. The molecule has 2 amide bonds. The Morgan fingerprint density at radius 1 is 1.27 bits per heavy atom. The molecular weight excluding hydrogens is 422 g/mol. The van der Waals surface area contributed by atoms with Crippen LogP contribution in [-0.4, -0.2) is 59.0 Å². The molecule has 2 bridgehead atoms. The van der Waals surface area contributed by atoms with E-state index in [-0.39, 0.29) is 30.4 Å². The van der Waals surface area contributed by atoms with Crippen molar-refractivity contribution in [3.8, 4) is 5.75 Å². The molecule has 0 radical (unpaired) electrons. The monoisotopic (exact) mass is 453 g/mol. The Hall–Kier alpha value is -3.42. The number of hydrogen-bond acceptors (Lipinski definition) is 5. The second kappa shape index (κ2) is 10.9. The molecule has 0 saturated carbocycles. The average Bonchev–Trinajstić information content (AvgIpc) is 3.41. The molecule has 8 nitrogen and oxygen atoms in total. The first-order valence-electron chi connectivity index (χ1n) is 11.2. The van der Waals surface area contributed by atoms with Gasteiger partial charge in [-0.1, -0.05) is 19.1 Å². The molecule has 2 saturated heterocycles. The number of amides is 2. The molecule has 2 aliphatic heterocycles. The summed E-state index contributed by atoms with van der Waals surface area (Å²) in [4.78, 5) is 41.3. The minimum absolute atomic E-state index is 0.00184. The standard InChI is InChI=1S/C24H29N3O3.CH2O2/c1-3-24(23(29)26-14-12-18-8-4-5-13-25-18)16-19-10-11-21(24)27(19)22(28)17-7-6-9-20(15-17)30-2;2-1-3/h4-9,13,15,19,21H,3,10-12,14,16H2,1-2H3,(H,26,29);1H,(H,2,3)/t19-,21+,24+;/m0./s1. The third-order valence-corrected chi connectivity index (χ3v) is 6.77. The Kier molecular flexibility index (Phi) is 8.03. The molecule has 3 atom stereocenters. The number of nitrogens with zero attached hydrogens (tertiary/aromatic N) is 2. The highest BCUT2D eigenvalue weighted by Gasteiger charge is 2.60. The Balaban J connectivity index is 0.000000968. The predicted molar refractivity (Wildman–Crippen MR) is 123 cm³/mol. The average molecular weight is 454 g/mol. The van der Waals surface area contributed by atoms with Crippen LogP contribution in [-0.2, 0) is 16.0 Å². The molecule has 33 heavy (non-hydrogen) atoms. The summed E-state index contributed by atoms with van der Waals surface area (Å²) < 4.78 is 5.28. The van der Waals surface area contributed by atoms with Crippen molar-refractivity contribution in [2.24, 2.45) is 5.41 Å². The van der Waals surface area contributed by atoms with Crippen molar-refractivity contribution in [1.82, 2.24) is 15.2 Å². The van der Waals surface area contributed by atoms with Gasteiger partial charge in [0.25, 0.3) is 12.4 Å². The van der Waals surface area contributed by atoms with E-state index in [2.05, 4.69) is 17.2 Å². The number of nitrogens with one attached hydrogen (secondary N) is 1. The Morgan fingerprint density at radius 2 is 2.06 bits per heavy atom. The molecule has 0 unspecified atom stereocenters. The van der Waals surface area contributed by atoms with Crippen molar-refractivity contribution in [3.63, 3.8) is 0 Å². The largest absolute Gasteiger partial charge is 0.497 e. The summed E-state index contributed by atoms with van der Waals surface area (Å²) in [5, 5.41) is 10.0. The third-order valence-electron chi connectivity index (χ3n) is 6.77. The van der Waals surface area contributed by atoms with Gasteiger partial charge in [0.2, 0.25) is 5.91 Å². The van der Waals surface area contributed by atoms with Gasteiger partial charge < -0.3 is 20.1 Å². The van der Waals surface area contributed by atoms with Gasteiger partial charge in [0.15, 0.2) is 0 Å². The van der Waals surface area contributed by atoms with Crippen molar-refractivity contribution in [1.29, 1.82) is 0 Å². The molecule has 4 rings (SSSR count). The number of fused-ring (bicyclic) bond motifs is 2. The molecule has 2 aliphatic rings. The van der Waals surface area contributed by atoms with Crippen molar-refractivity contribution in [3.05, 3.63) is 59.9 Å². The predicted octanol–water partition coefficient (Wildman–Crippen LogP) is 2.92. The second-order valence-electron chi connectivity index (χ2n) is 8.34. The van der Waals surface area contributed by atoms with E-state index in [0.29, 0.717) is 24.3 Å². The van der Waals surface area contributed by atoms with Crippen molar-refractivity contribution in [2.75, 3.05) is 13.7 Å². The fourth-order valence-electron chi connectivity index (χ4n) is 5.21. The highest BCUT2D eigenvalue weighted by Crippen LogP contribution is 2.52. The minimum atomic E-state index is -0.512. The normalized spacial score (nSPS) is 22.8. The minimum Gasteiger partial charge on any atom is -0.497 e. The Bertz CT molecular complexity index is 968. The van der Waals surface area contributed by atoms with E-state index in [9.17, 15) is 9.59 Å². The second-order valence-corrected chi connectivity index (χ2v) is 8.34. The van der Waals surface area contributed by atoms with Crippen LogP contribution >= 0.6 is 0 Å². The summed E-state index contributed by atoms with van der Waals surface area (Å²) in [7, 11) is 1.60. The van der Waals surface area contributed by atoms with Crippen LogP contribution in [0, 0.1) is 5.41 Å². The zero-order valence-electron chi connectivity index (χ0n) is 19.1. The van der Waals surface area contributed by atoms with Gasteiger partial charge >= 0.3 is 0 Å². The highest BCUT2D eigenvalue weighted by molar-refractivity contribution is 5.97. The van der Waals surface area contributed by atoms with Crippen LogP contribution in [0.1, 0.15) is 48.7 Å². The Morgan fingerprint density at radius 3 is 2.73 bits per heavy atom. The van der Waals surface area contributed by atoms with Crippen LogP contribution in [0.5, 0.6) is 5.75 Å². The van der Waals surface area contributed by atoms with Gasteiger partial charge in [0, 0.05) is 42.5 Å². The van der Waals surface area contributed by atoms with Crippen LogP contribution in [0.4, 0.5) is 0 Å².